The Hall–Kier alpha value is -1.71. The first-order valence-electron chi connectivity index (χ1n) is 5.26. The number of carbonyl (C=O) groups is 1. The van der Waals surface area contributed by atoms with E-state index in [1.54, 1.807) is 0 Å². The highest BCUT2D eigenvalue weighted by molar-refractivity contribution is 5.72. The number of nitrogens with zero attached hydrogens (tertiary/aromatic N) is 1. The van der Waals surface area contributed by atoms with Crippen LogP contribution in [0.5, 0.6) is 0 Å². The minimum atomic E-state index is -0.395. The summed E-state index contributed by atoms with van der Waals surface area (Å²) in [5.41, 5.74) is 1.96. The van der Waals surface area contributed by atoms with Crippen LogP contribution in [-0.4, -0.2) is 22.8 Å². The van der Waals surface area contributed by atoms with Gasteiger partial charge in [-0.1, -0.05) is 6.08 Å². The molecule has 1 fully saturated rings. The van der Waals surface area contributed by atoms with Crippen molar-refractivity contribution in [2.75, 3.05) is 6.61 Å². The normalized spacial score (nSPS) is 24.8. The number of cyclic esters (lactones) is 1. The SMILES string of the molecule is Cc1ccn(C)c1/C=C/[C@]1(C)COC(=O)N1. The zero-order valence-corrected chi connectivity index (χ0v) is 9.78. The van der Waals surface area contributed by atoms with E-state index >= 15 is 0 Å². The van der Waals surface area contributed by atoms with Gasteiger partial charge in [-0.2, -0.15) is 0 Å². The highest BCUT2D eigenvalue weighted by Crippen LogP contribution is 2.17. The largest absolute Gasteiger partial charge is 0.447 e. The number of hydrogen-bond acceptors (Lipinski definition) is 2. The third-order valence-corrected chi connectivity index (χ3v) is 2.83. The molecule has 0 spiro atoms. The Kier molecular flexibility index (Phi) is 2.50. The third kappa shape index (κ3) is 1.96. The minimum absolute atomic E-state index is 0.351. The molecule has 1 amide bonds. The van der Waals surface area contributed by atoms with Crippen LogP contribution in [-0.2, 0) is 11.8 Å². The molecular formula is C12H16N2O2. The first kappa shape index (κ1) is 10.8. The van der Waals surface area contributed by atoms with Crippen molar-refractivity contribution >= 4 is 12.2 Å². The van der Waals surface area contributed by atoms with Crippen molar-refractivity contribution in [3.63, 3.8) is 0 Å². The zero-order valence-electron chi connectivity index (χ0n) is 9.78. The molecule has 0 saturated carbocycles. The summed E-state index contributed by atoms with van der Waals surface area (Å²) in [6, 6.07) is 2.06. The Bertz CT molecular complexity index is 428. The van der Waals surface area contributed by atoms with Crippen molar-refractivity contribution in [2.45, 2.75) is 19.4 Å². The van der Waals surface area contributed by atoms with Gasteiger partial charge in [0.1, 0.15) is 6.61 Å². The van der Waals surface area contributed by atoms with Gasteiger partial charge in [0.25, 0.3) is 0 Å². The van der Waals surface area contributed by atoms with E-state index in [9.17, 15) is 4.79 Å². The fourth-order valence-electron chi connectivity index (χ4n) is 1.79. The molecule has 0 radical (unpaired) electrons. The molecule has 1 atom stereocenters. The summed E-state index contributed by atoms with van der Waals surface area (Å²) in [5.74, 6) is 0. The van der Waals surface area contributed by atoms with Gasteiger partial charge in [-0.15, -0.1) is 0 Å². The van der Waals surface area contributed by atoms with Crippen LogP contribution in [0, 0.1) is 6.92 Å². The molecule has 16 heavy (non-hydrogen) atoms. The maximum absolute atomic E-state index is 11.0. The number of aromatic nitrogens is 1. The second-order valence-electron chi connectivity index (χ2n) is 4.45. The van der Waals surface area contributed by atoms with E-state index in [0.29, 0.717) is 6.61 Å². The van der Waals surface area contributed by atoms with Crippen molar-refractivity contribution in [3.8, 4) is 0 Å². The van der Waals surface area contributed by atoms with Crippen molar-refractivity contribution in [3.05, 3.63) is 29.6 Å². The maximum atomic E-state index is 11.0. The van der Waals surface area contributed by atoms with Gasteiger partial charge >= 0.3 is 6.09 Å². The van der Waals surface area contributed by atoms with Crippen LogP contribution in [0.2, 0.25) is 0 Å². The van der Waals surface area contributed by atoms with E-state index in [2.05, 4.69) is 18.3 Å². The highest BCUT2D eigenvalue weighted by Gasteiger charge is 2.32. The number of nitrogens with one attached hydrogen (secondary N) is 1. The van der Waals surface area contributed by atoms with Crippen LogP contribution in [0.4, 0.5) is 4.79 Å². The molecule has 1 saturated heterocycles. The second-order valence-corrected chi connectivity index (χ2v) is 4.45. The number of hydrogen-bond donors (Lipinski definition) is 1. The van der Waals surface area contributed by atoms with Gasteiger partial charge in [-0.05, 0) is 31.6 Å². The summed E-state index contributed by atoms with van der Waals surface area (Å²) in [6.45, 7) is 4.38. The van der Waals surface area contributed by atoms with E-state index in [0.717, 1.165) is 5.69 Å². The number of aryl methyl sites for hydroxylation is 2. The van der Waals surface area contributed by atoms with E-state index in [4.69, 9.17) is 4.74 Å². The molecule has 4 nitrogen and oxygen atoms in total. The molecule has 0 aliphatic carbocycles. The summed E-state index contributed by atoms with van der Waals surface area (Å²) in [4.78, 5) is 11.0. The number of carbonyl (C=O) groups excluding carboxylic acids is 1. The number of alkyl carbamates (subject to hydrolysis) is 1. The first-order chi connectivity index (χ1) is 7.50. The van der Waals surface area contributed by atoms with E-state index < -0.39 is 5.54 Å². The standard InChI is InChI=1S/C12H16N2O2/c1-9-5-7-14(3)10(9)4-6-12(2)8-16-11(15)13-12/h4-7H,8H2,1-3H3,(H,13,15)/b6-4+/t12-/m1/s1. The van der Waals surface area contributed by atoms with E-state index in [1.165, 1.54) is 5.56 Å². The number of ether oxygens (including phenoxy) is 1. The van der Waals surface area contributed by atoms with Gasteiger partial charge in [0.05, 0.1) is 5.54 Å². The van der Waals surface area contributed by atoms with Crippen molar-refractivity contribution < 1.29 is 9.53 Å². The molecule has 4 heteroatoms. The van der Waals surface area contributed by atoms with Crippen molar-refractivity contribution in [2.24, 2.45) is 7.05 Å². The fourth-order valence-corrected chi connectivity index (χ4v) is 1.79. The van der Waals surface area contributed by atoms with Crippen LogP contribution >= 0.6 is 0 Å². The summed E-state index contributed by atoms with van der Waals surface area (Å²) >= 11 is 0. The molecule has 1 aliphatic rings. The summed E-state index contributed by atoms with van der Waals surface area (Å²) in [5, 5.41) is 2.77. The van der Waals surface area contributed by atoms with Gasteiger partial charge in [0.2, 0.25) is 0 Å². The molecule has 0 unspecified atom stereocenters. The van der Waals surface area contributed by atoms with Crippen LogP contribution in [0.1, 0.15) is 18.2 Å². The molecule has 2 heterocycles. The lowest BCUT2D eigenvalue weighted by Gasteiger charge is -2.15. The lowest BCUT2D eigenvalue weighted by molar-refractivity contribution is 0.175. The Labute approximate surface area is 94.9 Å². The Morgan fingerprint density at radius 1 is 1.62 bits per heavy atom. The van der Waals surface area contributed by atoms with Crippen LogP contribution in [0.15, 0.2) is 18.3 Å². The third-order valence-electron chi connectivity index (χ3n) is 2.83. The fraction of sp³-hybridized carbons (Fsp3) is 0.417. The Morgan fingerprint density at radius 2 is 2.38 bits per heavy atom. The molecule has 86 valence electrons. The molecular weight excluding hydrogens is 204 g/mol. The summed E-state index contributed by atoms with van der Waals surface area (Å²) in [6.07, 6.45) is 5.65. The summed E-state index contributed by atoms with van der Waals surface area (Å²) in [7, 11) is 2.00. The smallest absolute Gasteiger partial charge is 0.408 e. The molecule has 1 aromatic rings. The molecule has 0 bridgehead atoms. The van der Waals surface area contributed by atoms with E-state index in [-0.39, 0.29) is 6.09 Å². The highest BCUT2D eigenvalue weighted by atomic mass is 16.6. The van der Waals surface area contributed by atoms with Crippen molar-refractivity contribution in [1.82, 2.24) is 9.88 Å². The lowest BCUT2D eigenvalue weighted by Crippen LogP contribution is -2.37. The molecule has 2 rings (SSSR count). The van der Waals surface area contributed by atoms with E-state index in [1.807, 2.05) is 36.9 Å². The average Bonchev–Trinajstić information content (AvgIpc) is 2.70. The number of rotatable bonds is 2. The maximum Gasteiger partial charge on any atom is 0.408 e. The minimum Gasteiger partial charge on any atom is -0.447 e. The topological polar surface area (TPSA) is 43.3 Å². The van der Waals surface area contributed by atoms with Gasteiger partial charge in [0.15, 0.2) is 0 Å². The Balaban J connectivity index is 2.18. The molecule has 1 aromatic heterocycles. The Morgan fingerprint density at radius 3 is 2.88 bits per heavy atom. The van der Waals surface area contributed by atoms with Gasteiger partial charge < -0.3 is 14.6 Å². The average molecular weight is 220 g/mol. The molecule has 1 aliphatic heterocycles. The predicted octanol–water partition coefficient (Wildman–Crippen LogP) is 1.85. The van der Waals surface area contributed by atoms with Crippen molar-refractivity contribution in [1.29, 1.82) is 0 Å². The monoisotopic (exact) mass is 220 g/mol. The van der Waals surface area contributed by atoms with Gasteiger partial charge in [-0.3, -0.25) is 0 Å². The quantitative estimate of drug-likeness (QED) is 0.826. The van der Waals surface area contributed by atoms with Crippen LogP contribution < -0.4 is 5.32 Å². The van der Waals surface area contributed by atoms with Crippen LogP contribution in [0.25, 0.3) is 6.08 Å². The predicted molar refractivity (Wildman–Crippen MR) is 62.1 cm³/mol. The number of amides is 1. The summed E-state index contributed by atoms with van der Waals surface area (Å²) < 4.78 is 6.94. The van der Waals surface area contributed by atoms with Gasteiger partial charge in [0, 0.05) is 18.9 Å². The zero-order chi connectivity index (χ0) is 11.8. The second kappa shape index (κ2) is 3.70. The molecule has 0 aromatic carbocycles. The first-order valence-corrected chi connectivity index (χ1v) is 5.26. The molecule has 1 N–H and O–H groups in total. The lowest BCUT2D eigenvalue weighted by atomic mass is 10.0. The van der Waals surface area contributed by atoms with Crippen LogP contribution in [0.3, 0.4) is 0 Å². The van der Waals surface area contributed by atoms with Gasteiger partial charge in [-0.25, -0.2) is 4.79 Å².